The standard InChI is InChI=1S/C15H10N4O3/c16-9-12(15(20)18-13-4-2-6-17-10-13)7-11-3-1-5-14(8-11)19(21)22/h1-8,10H,(H,18,20)/b12-7+. The Balaban J connectivity index is 2.24. The second-order valence-corrected chi connectivity index (χ2v) is 4.22. The van der Waals surface area contributed by atoms with Crippen LogP contribution in [-0.2, 0) is 4.79 Å². The number of nitro groups is 1. The summed E-state index contributed by atoms with van der Waals surface area (Å²) in [6.07, 6.45) is 4.29. The lowest BCUT2D eigenvalue weighted by molar-refractivity contribution is -0.384. The Labute approximate surface area is 125 Å². The zero-order chi connectivity index (χ0) is 15.9. The number of benzene rings is 1. The number of nitrogens with zero attached hydrogens (tertiary/aromatic N) is 3. The van der Waals surface area contributed by atoms with Crippen molar-refractivity contribution in [2.24, 2.45) is 0 Å². The average molecular weight is 294 g/mol. The minimum absolute atomic E-state index is 0.112. The fraction of sp³-hybridized carbons (Fsp3) is 0. The molecule has 7 heteroatoms. The highest BCUT2D eigenvalue weighted by Gasteiger charge is 2.11. The predicted molar refractivity (Wildman–Crippen MR) is 79.6 cm³/mol. The first-order valence-electron chi connectivity index (χ1n) is 6.18. The van der Waals surface area contributed by atoms with Gasteiger partial charge in [-0.15, -0.1) is 0 Å². The number of non-ortho nitro benzene ring substituents is 1. The largest absolute Gasteiger partial charge is 0.320 e. The van der Waals surface area contributed by atoms with Crippen molar-refractivity contribution >= 4 is 23.4 Å². The van der Waals surface area contributed by atoms with Crippen molar-refractivity contribution in [3.8, 4) is 6.07 Å². The first-order valence-corrected chi connectivity index (χ1v) is 6.18. The number of nitriles is 1. The first kappa shape index (κ1) is 14.9. The SMILES string of the molecule is N#C/C(=C\c1cccc([N+](=O)[O-])c1)C(=O)Nc1cccnc1. The first-order chi connectivity index (χ1) is 10.6. The molecule has 0 spiro atoms. The van der Waals surface area contributed by atoms with Crippen LogP contribution in [-0.4, -0.2) is 15.8 Å². The average Bonchev–Trinajstić information content (AvgIpc) is 2.53. The smallest absolute Gasteiger partial charge is 0.270 e. The monoisotopic (exact) mass is 294 g/mol. The van der Waals surface area contributed by atoms with Crippen molar-refractivity contribution in [2.45, 2.75) is 0 Å². The topological polar surface area (TPSA) is 109 Å². The van der Waals surface area contributed by atoms with Crippen LogP contribution in [0.4, 0.5) is 11.4 Å². The van der Waals surface area contributed by atoms with E-state index in [1.807, 2.05) is 0 Å². The molecular formula is C15H10N4O3. The summed E-state index contributed by atoms with van der Waals surface area (Å²) in [4.78, 5) is 26.0. The Morgan fingerprint density at radius 3 is 2.82 bits per heavy atom. The van der Waals surface area contributed by atoms with E-state index in [0.29, 0.717) is 11.3 Å². The molecule has 1 N–H and O–H groups in total. The number of carbonyl (C=O) groups excluding carboxylic acids is 1. The number of rotatable bonds is 4. The molecule has 0 aliphatic carbocycles. The van der Waals surface area contributed by atoms with E-state index in [1.165, 1.54) is 30.5 Å². The van der Waals surface area contributed by atoms with Crippen molar-refractivity contribution in [1.29, 1.82) is 5.26 Å². The molecular weight excluding hydrogens is 284 g/mol. The van der Waals surface area contributed by atoms with E-state index in [0.717, 1.165) is 0 Å². The molecule has 0 saturated carbocycles. The second-order valence-electron chi connectivity index (χ2n) is 4.22. The van der Waals surface area contributed by atoms with Crippen LogP contribution in [0.1, 0.15) is 5.56 Å². The van der Waals surface area contributed by atoms with Gasteiger partial charge in [-0.1, -0.05) is 12.1 Å². The lowest BCUT2D eigenvalue weighted by Gasteiger charge is -2.03. The van der Waals surface area contributed by atoms with Gasteiger partial charge in [-0.3, -0.25) is 19.9 Å². The Hall–Kier alpha value is -3.53. The van der Waals surface area contributed by atoms with Crippen LogP contribution in [0, 0.1) is 21.4 Å². The Morgan fingerprint density at radius 1 is 1.36 bits per heavy atom. The fourth-order valence-corrected chi connectivity index (χ4v) is 1.68. The van der Waals surface area contributed by atoms with E-state index in [-0.39, 0.29) is 11.3 Å². The summed E-state index contributed by atoms with van der Waals surface area (Å²) >= 11 is 0. The van der Waals surface area contributed by atoms with E-state index in [9.17, 15) is 14.9 Å². The zero-order valence-electron chi connectivity index (χ0n) is 11.3. The molecule has 22 heavy (non-hydrogen) atoms. The highest BCUT2D eigenvalue weighted by atomic mass is 16.6. The summed E-state index contributed by atoms with van der Waals surface area (Å²) in [7, 11) is 0. The number of nitro benzene ring substituents is 1. The van der Waals surface area contributed by atoms with Gasteiger partial charge in [-0.25, -0.2) is 0 Å². The fourth-order valence-electron chi connectivity index (χ4n) is 1.68. The molecule has 0 aliphatic rings. The van der Waals surface area contributed by atoms with E-state index in [4.69, 9.17) is 5.26 Å². The number of hydrogen-bond acceptors (Lipinski definition) is 5. The Bertz CT molecular complexity index is 779. The molecule has 0 unspecified atom stereocenters. The molecule has 2 rings (SSSR count). The van der Waals surface area contributed by atoms with Gasteiger partial charge in [0, 0.05) is 18.3 Å². The molecule has 0 saturated heterocycles. The minimum atomic E-state index is -0.609. The van der Waals surface area contributed by atoms with Gasteiger partial charge in [0.25, 0.3) is 11.6 Å². The molecule has 0 bridgehead atoms. The summed E-state index contributed by atoms with van der Waals surface area (Å²) in [6, 6.07) is 10.7. The van der Waals surface area contributed by atoms with Crippen LogP contribution < -0.4 is 5.32 Å². The molecule has 1 aromatic heterocycles. The maximum absolute atomic E-state index is 12.0. The number of carbonyl (C=O) groups is 1. The van der Waals surface area contributed by atoms with Crippen LogP contribution in [0.15, 0.2) is 54.4 Å². The molecule has 1 heterocycles. The number of hydrogen-bond donors (Lipinski definition) is 1. The highest BCUT2D eigenvalue weighted by Crippen LogP contribution is 2.16. The molecule has 0 radical (unpaired) electrons. The maximum atomic E-state index is 12.0. The van der Waals surface area contributed by atoms with E-state index in [1.54, 1.807) is 30.5 Å². The number of pyridine rings is 1. The highest BCUT2D eigenvalue weighted by molar-refractivity contribution is 6.09. The van der Waals surface area contributed by atoms with Crippen molar-refractivity contribution in [2.75, 3.05) is 5.32 Å². The van der Waals surface area contributed by atoms with E-state index < -0.39 is 10.8 Å². The van der Waals surface area contributed by atoms with Crippen molar-refractivity contribution in [3.63, 3.8) is 0 Å². The molecule has 1 amide bonds. The lowest BCUT2D eigenvalue weighted by atomic mass is 10.1. The number of amides is 1. The van der Waals surface area contributed by atoms with Crippen LogP contribution in [0.3, 0.4) is 0 Å². The third-order valence-corrected chi connectivity index (χ3v) is 2.68. The zero-order valence-corrected chi connectivity index (χ0v) is 11.3. The lowest BCUT2D eigenvalue weighted by Crippen LogP contribution is -2.13. The van der Waals surface area contributed by atoms with Crippen molar-refractivity contribution in [1.82, 2.24) is 4.98 Å². The molecule has 0 atom stereocenters. The van der Waals surface area contributed by atoms with Crippen LogP contribution in [0.2, 0.25) is 0 Å². The van der Waals surface area contributed by atoms with E-state index >= 15 is 0 Å². The molecule has 108 valence electrons. The quantitative estimate of drug-likeness (QED) is 0.403. The van der Waals surface area contributed by atoms with Crippen molar-refractivity contribution in [3.05, 3.63) is 70.0 Å². The third-order valence-electron chi connectivity index (χ3n) is 2.68. The second kappa shape index (κ2) is 6.76. The van der Waals surface area contributed by atoms with Gasteiger partial charge >= 0.3 is 0 Å². The Morgan fingerprint density at radius 2 is 2.18 bits per heavy atom. The maximum Gasteiger partial charge on any atom is 0.270 e. The summed E-state index contributed by atoms with van der Waals surface area (Å²) in [5, 5.41) is 22.3. The summed E-state index contributed by atoms with van der Waals surface area (Å²) in [5.41, 5.74) is 0.572. The van der Waals surface area contributed by atoms with Gasteiger partial charge in [-0.2, -0.15) is 5.26 Å². The molecule has 0 aliphatic heterocycles. The predicted octanol–water partition coefficient (Wildman–Crippen LogP) is 2.54. The summed E-state index contributed by atoms with van der Waals surface area (Å²) in [5.74, 6) is -0.609. The Kier molecular flexibility index (Phi) is 4.57. The number of aromatic nitrogens is 1. The molecule has 7 nitrogen and oxygen atoms in total. The molecule has 2 aromatic rings. The van der Waals surface area contributed by atoms with Crippen LogP contribution >= 0.6 is 0 Å². The summed E-state index contributed by atoms with van der Waals surface area (Å²) < 4.78 is 0. The normalized spacial score (nSPS) is 10.6. The van der Waals surface area contributed by atoms with Gasteiger partial charge < -0.3 is 5.32 Å². The van der Waals surface area contributed by atoms with Gasteiger partial charge in [0.15, 0.2) is 0 Å². The third kappa shape index (κ3) is 3.74. The van der Waals surface area contributed by atoms with Crippen LogP contribution in [0.25, 0.3) is 6.08 Å². The number of anilines is 1. The van der Waals surface area contributed by atoms with Gasteiger partial charge in [0.1, 0.15) is 11.6 Å². The number of nitrogens with one attached hydrogen (secondary N) is 1. The van der Waals surface area contributed by atoms with Crippen molar-refractivity contribution < 1.29 is 9.72 Å². The van der Waals surface area contributed by atoms with Gasteiger partial charge in [-0.05, 0) is 23.8 Å². The van der Waals surface area contributed by atoms with Crippen LogP contribution in [0.5, 0.6) is 0 Å². The van der Waals surface area contributed by atoms with Gasteiger partial charge in [0.05, 0.1) is 16.8 Å². The molecule has 0 fully saturated rings. The summed E-state index contributed by atoms with van der Waals surface area (Å²) in [6.45, 7) is 0. The van der Waals surface area contributed by atoms with Gasteiger partial charge in [0.2, 0.25) is 0 Å². The minimum Gasteiger partial charge on any atom is -0.320 e. The van der Waals surface area contributed by atoms with E-state index in [2.05, 4.69) is 10.3 Å². The molecule has 1 aromatic carbocycles.